The van der Waals surface area contributed by atoms with Gasteiger partial charge in [-0.2, -0.15) is 5.26 Å². The molecule has 100 valence electrons. The van der Waals surface area contributed by atoms with Crippen molar-refractivity contribution in [1.29, 1.82) is 5.26 Å². The number of benzene rings is 1. The van der Waals surface area contributed by atoms with Crippen LogP contribution in [-0.4, -0.2) is 43.8 Å². The summed E-state index contributed by atoms with van der Waals surface area (Å²) in [7, 11) is 1.36. The monoisotopic (exact) mass is 260 g/mol. The van der Waals surface area contributed by atoms with E-state index in [1.807, 2.05) is 18.2 Å². The number of nitriles is 1. The minimum atomic E-state index is -0.534. The molecule has 1 saturated heterocycles. The van der Waals surface area contributed by atoms with Gasteiger partial charge < -0.3 is 9.47 Å². The second-order valence-electron chi connectivity index (χ2n) is 4.39. The van der Waals surface area contributed by atoms with Crippen molar-refractivity contribution in [2.24, 2.45) is 0 Å². The zero-order valence-corrected chi connectivity index (χ0v) is 10.8. The van der Waals surface area contributed by atoms with Crippen LogP contribution < -0.4 is 0 Å². The zero-order valence-electron chi connectivity index (χ0n) is 10.8. The molecule has 5 heteroatoms. The van der Waals surface area contributed by atoms with Gasteiger partial charge >= 0.3 is 5.97 Å². The van der Waals surface area contributed by atoms with E-state index in [0.29, 0.717) is 25.3 Å². The molecule has 1 unspecified atom stereocenters. The van der Waals surface area contributed by atoms with Crippen LogP contribution in [-0.2, 0) is 20.8 Å². The van der Waals surface area contributed by atoms with E-state index in [1.54, 1.807) is 6.07 Å². The minimum absolute atomic E-state index is 0.349. The Morgan fingerprint density at radius 3 is 3.11 bits per heavy atom. The smallest absolute Gasteiger partial charge is 0.336 e. The molecule has 1 atom stereocenters. The lowest BCUT2D eigenvalue weighted by Crippen LogP contribution is -2.46. The number of esters is 1. The topological polar surface area (TPSA) is 62.6 Å². The van der Waals surface area contributed by atoms with Crippen molar-refractivity contribution in [3.05, 3.63) is 35.4 Å². The third-order valence-electron chi connectivity index (χ3n) is 3.15. The molecule has 1 aromatic carbocycles. The highest BCUT2D eigenvalue weighted by Crippen LogP contribution is 2.14. The quantitative estimate of drug-likeness (QED) is 0.757. The molecule has 0 bridgehead atoms. The Hall–Kier alpha value is -1.90. The van der Waals surface area contributed by atoms with E-state index in [9.17, 15) is 4.79 Å². The predicted molar refractivity (Wildman–Crippen MR) is 68.2 cm³/mol. The summed E-state index contributed by atoms with van der Waals surface area (Å²) < 4.78 is 10.1. The van der Waals surface area contributed by atoms with Gasteiger partial charge in [0.05, 0.1) is 25.3 Å². The van der Waals surface area contributed by atoms with Gasteiger partial charge in [0.15, 0.2) is 6.10 Å². The summed E-state index contributed by atoms with van der Waals surface area (Å²) in [6.07, 6.45) is -0.534. The largest absolute Gasteiger partial charge is 0.467 e. The van der Waals surface area contributed by atoms with Crippen molar-refractivity contribution in [3.63, 3.8) is 0 Å². The van der Waals surface area contributed by atoms with Crippen LogP contribution in [0.2, 0.25) is 0 Å². The van der Waals surface area contributed by atoms with Gasteiger partial charge in [-0.3, -0.25) is 4.90 Å². The maximum atomic E-state index is 11.5. The van der Waals surface area contributed by atoms with Crippen LogP contribution in [0.15, 0.2) is 24.3 Å². The molecule has 1 aliphatic rings. The number of carbonyl (C=O) groups is 1. The molecular formula is C14H16N2O3. The van der Waals surface area contributed by atoms with E-state index in [1.165, 1.54) is 7.11 Å². The number of methoxy groups -OCH3 is 1. The van der Waals surface area contributed by atoms with E-state index in [0.717, 1.165) is 12.1 Å². The number of morpholine rings is 1. The number of carbonyl (C=O) groups excluding carboxylic acids is 1. The lowest BCUT2D eigenvalue weighted by atomic mass is 10.1. The number of nitrogens with zero attached hydrogens (tertiary/aromatic N) is 2. The standard InChI is InChI=1S/C14H16N2O3/c1-18-14(17)13-10-16(6-7-19-13)9-12-5-3-2-4-11(12)8-15/h2-5,13H,6-7,9-10H2,1H3. The molecule has 1 aliphatic heterocycles. The van der Waals surface area contributed by atoms with Gasteiger partial charge in [0.1, 0.15) is 0 Å². The molecule has 0 radical (unpaired) electrons. The van der Waals surface area contributed by atoms with E-state index < -0.39 is 6.10 Å². The Kier molecular flexibility index (Phi) is 4.50. The summed E-state index contributed by atoms with van der Waals surface area (Å²) in [5.74, 6) is -0.349. The van der Waals surface area contributed by atoms with Gasteiger partial charge in [-0.1, -0.05) is 18.2 Å². The first kappa shape index (κ1) is 13.5. The van der Waals surface area contributed by atoms with E-state index >= 15 is 0 Å². The summed E-state index contributed by atoms with van der Waals surface area (Å²) >= 11 is 0. The normalized spacial score (nSPS) is 19.7. The fourth-order valence-electron chi connectivity index (χ4n) is 2.13. The number of rotatable bonds is 3. The third kappa shape index (κ3) is 3.31. The predicted octanol–water partition coefficient (Wildman–Crippen LogP) is 0.932. The number of hydrogen-bond donors (Lipinski definition) is 0. The molecule has 0 amide bonds. The lowest BCUT2D eigenvalue weighted by molar-refractivity contribution is -0.160. The van der Waals surface area contributed by atoms with Crippen LogP contribution in [0.4, 0.5) is 0 Å². The zero-order chi connectivity index (χ0) is 13.7. The summed E-state index contributed by atoms with van der Waals surface area (Å²) in [5, 5.41) is 9.06. The van der Waals surface area contributed by atoms with Crippen molar-refractivity contribution in [2.45, 2.75) is 12.6 Å². The van der Waals surface area contributed by atoms with Crippen molar-refractivity contribution in [3.8, 4) is 6.07 Å². The highest BCUT2D eigenvalue weighted by atomic mass is 16.6. The first-order valence-electron chi connectivity index (χ1n) is 6.14. The Morgan fingerprint density at radius 2 is 2.37 bits per heavy atom. The highest BCUT2D eigenvalue weighted by molar-refractivity contribution is 5.74. The number of hydrogen-bond acceptors (Lipinski definition) is 5. The highest BCUT2D eigenvalue weighted by Gasteiger charge is 2.27. The van der Waals surface area contributed by atoms with Crippen LogP contribution >= 0.6 is 0 Å². The molecule has 5 nitrogen and oxygen atoms in total. The van der Waals surface area contributed by atoms with Crippen LogP contribution in [0.5, 0.6) is 0 Å². The molecular weight excluding hydrogens is 244 g/mol. The summed E-state index contributed by atoms with van der Waals surface area (Å²) in [5.41, 5.74) is 1.64. The first-order valence-corrected chi connectivity index (χ1v) is 6.14. The number of ether oxygens (including phenoxy) is 2. The Morgan fingerprint density at radius 1 is 1.58 bits per heavy atom. The average Bonchev–Trinajstić information content (AvgIpc) is 2.47. The molecule has 2 rings (SSSR count). The van der Waals surface area contributed by atoms with Crippen LogP contribution in [0.25, 0.3) is 0 Å². The molecule has 0 saturated carbocycles. The van der Waals surface area contributed by atoms with Crippen LogP contribution in [0.1, 0.15) is 11.1 Å². The minimum Gasteiger partial charge on any atom is -0.467 e. The van der Waals surface area contributed by atoms with Crippen LogP contribution in [0, 0.1) is 11.3 Å². The van der Waals surface area contributed by atoms with E-state index in [4.69, 9.17) is 14.7 Å². The lowest BCUT2D eigenvalue weighted by Gasteiger charge is -2.31. The van der Waals surface area contributed by atoms with Crippen molar-refractivity contribution >= 4 is 5.97 Å². The fraction of sp³-hybridized carbons (Fsp3) is 0.429. The van der Waals surface area contributed by atoms with Gasteiger partial charge in [0.2, 0.25) is 0 Å². The van der Waals surface area contributed by atoms with Crippen molar-refractivity contribution in [2.75, 3.05) is 26.8 Å². The van der Waals surface area contributed by atoms with Gasteiger partial charge in [-0.25, -0.2) is 4.79 Å². The van der Waals surface area contributed by atoms with Gasteiger partial charge in [0.25, 0.3) is 0 Å². The third-order valence-corrected chi connectivity index (χ3v) is 3.15. The average molecular weight is 260 g/mol. The summed E-state index contributed by atoms with van der Waals surface area (Å²) in [6, 6.07) is 9.67. The van der Waals surface area contributed by atoms with Gasteiger partial charge in [-0.15, -0.1) is 0 Å². The SMILES string of the molecule is COC(=O)C1CN(Cc2ccccc2C#N)CCO1. The summed E-state index contributed by atoms with van der Waals surface area (Å²) in [6.45, 7) is 2.37. The van der Waals surface area contributed by atoms with E-state index in [2.05, 4.69) is 11.0 Å². The molecule has 1 fully saturated rings. The first-order chi connectivity index (χ1) is 9.24. The molecule has 0 spiro atoms. The van der Waals surface area contributed by atoms with Crippen LogP contribution in [0.3, 0.4) is 0 Å². The summed E-state index contributed by atoms with van der Waals surface area (Å²) in [4.78, 5) is 13.6. The Bertz CT molecular complexity index is 496. The van der Waals surface area contributed by atoms with Gasteiger partial charge in [-0.05, 0) is 11.6 Å². The molecule has 19 heavy (non-hydrogen) atoms. The Labute approximate surface area is 112 Å². The maximum Gasteiger partial charge on any atom is 0.336 e. The second kappa shape index (κ2) is 6.32. The fourth-order valence-corrected chi connectivity index (χ4v) is 2.13. The van der Waals surface area contributed by atoms with Gasteiger partial charge in [0, 0.05) is 19.6 Å². The molecule has 1 aromatic rings. The Balaban J connectivity index is 2.03. The van der Waals surface area contributed by atoms with Crippen molar-refractivity contribution in [1.82, 2.24) is 4.90 Å². The molecule has 0 N–H and O–H groups in total. The van der Waals surface area contributed by atoms with Crippen molar-refractivity contribution < 1.29 is 14.3 Å². The second-order valence-corrected chi connectivity index (χ2v) is 4.39. The maximum absolute atomic E-state index is 11.5. The molecule has 1 heterocycles. The molecule has 0 aromatic heterocycles. The van der Waals surface area contributed by atoms with E-state index in [-0.39, 0.29) is 5.97 Å². The molecule has 0 aliphatic carbocycles.